The number of nitrogens with one attached hydrogen (secondary N) is 1. The van der Waals surface area contributed by atoms with Gasteiger partial charge in [-0.2, -0.15) is 0 Å². The maximum absolute atomic E-state index is 4.41. The van der Waals surface area contributed by atoms with Crippen molar-refractivity contribution in [1.82, 2.24) is 25.6 Å². The van der Waals surface area contributed by atoms with E-state index < -0.39 is 0 Å². The summed E-state index contributed by atoms with van der Waals surface area (Å²) in [7, 11) is 0. The van der Waals surface area contributed by atoms with Crippen LogP contribution in [0.2, 0.25) is 0 Å². The lowest BCUT2D eigenvalue weighted by Crippen LogP contribution is -1.92. The summed E-state index contributed by atoms with van der Waals surface area (Å²) in [6.07, 6.45) is 3.67. The van der Waals surface area contributed by atoms with E-state index in [2.05, 4.69) is 56.8 Å². The first-order valence-corrected chi connectivity index (χ1v) is 6.27. The molecule has 0 saturated heterocycles. The maximum Gasteiger partial charge on any atom is 0.172 e. The number of H-pyrrole nitrogens is 1. The molecule has 0 aliphatic heterocycles. The highest BCUT2D eigenvalue weighted by Crippen LogP contribution is 2.23. The summed E-state index contributed by atoms with van der Waals surface area (Å²) >= 11 is 0. The van der Waals surface area contributed by atoms with E-state index in [4.69, 9.17) is 0 Å². The average molecular weight is 263 g/mol. The predicted molar refractivity (Wildman–Crippen MR) is 76.6 cm³/mol. The summed E-state index contributed by atoms with van der Waals surface area (Å²) in [5, 5.41) is 13.8. The van der Waals surface area contributed by atoms with Gasteiger partial charge in [-0.3, -0.25) is 4.98 Å². The summed E-state index contributed by atoms with van der Waals surface area (Å²) in [6.45, 7) is 2.06. The zero-order valence-electron chi connectivity index (χ0n) is 11.0. The number of hydrogen-bond acceptors (Lipinski definition) is 4. The number of aromatic amines is 1. The van der Waals surface area contributed by atoms with Crippen LogP contribution in [0.15, 0.2) is 48.7 Å². The van der Waals surface area contributed by atoms with Crippen LogP contribution in [0.5, 0.6) is 0 Å². The van der Waals surface area contributed by atoms with Gasteiger partial charge in [0.25, 0.3) is 0 Å². The highest BCUT2D eigenvalue weighted by atomic mass is 15.5. The number of pyridine rings is 1. The number of aryl methyl sites for hydroxylation is 1. The lowest BCUT2D eigenvalue weighted by Gasteiger charge is -2.07. The Morgan fingerprint density at radius 2 is 1.95 bits per heavy atom. The number of aromatic nitrogens is 5. The third kappa shape index (κ3) is 2.61. The molecule has 1 N–H and O–H groups in total. The Hall–Kier alpha value is -2.82. The van der Waals surface area contributed by atoms with Gasteiger partial charge in [0.1, 0.15) is 0 Å². The van der Waals surface area contributed by atoms with E-state index in [9.17, 15) is 0 Å². The first-order chi connectivity index (χ1) is 9.83. The van der Waals surface area contributed by atoms with Gasteiger partial charge in [0.05, 0.1) is 5.69 Å². The molecule has 3 rings (SSSR count). The van der Waals surface area contributed by atoms with Crippen molar-refractivity contribution in [3.05, 3.63) is 71.3 Å². The molecular weight excluding hydrogens is 250 g/mol. The maximum atomic E-state index is 4.41. The molecule has 0 unspecified atom stereocenters. The third-order valence-corrected chi connectivity index (χ3v) is 2.95. The molecule has 0 bridgehead atoms. The Balaban J connectivity index is 2.11. The van der Waals surface area contributed by atoms with Crippen LogP contribution in [-0.4, -0.2) is 25.6 Å². The first kappa shape index (κ1) is 12.2. The number of tetrazole rings is 1. The Kier molecular flexibility index (Phi) is 3.33. The van der Waals surface area contributed by atoms with Crippen LogP contribution >= 0.6 is 0 Å². The fourth-order valence-corrected chi connectivity index (χ4v) is 1.92. The smallest absolute Gasteiger partial charge is 0.172 e. The molecule has 0 fully saturated rings. The molecule has 0 radical (unpaired) electrons. The standard InChI is InChI=1S/C15H13N5/c1-11-5-7-12(8-6-11)13(10-15-17-19-20-18-15)14-4-2-3-9-16-14/h2-10H,1H3,(H,17,18,19,20)/b13-10-. The van der Waals surface area contributed by atoms with Crippen molar-refractivity contribution in [1.29, 1.82) is 0 Å². The highest BCUT2D eigenvalue weighted by molar-refractivity contribution is 5.88. The van der Waals surface area contributed by atoms with E-state index in [1.54, 1.807) is 6.20 Å². The topological polar surface area (TPSA) is 67.3 Å². The molecule has 0 spiro atoms. The van der Waals surface area contributed by atoms with Crippen LogP contribution < -0.4 is 0 Å². The van der Waals surface area contributed by atoms with Gasteiger partial charge in [0.15, 0.2) is 5.82 Å². The summed E-state index contributed by atoms with van der Waals surface area (Å²) in [5.74, 6) is 0.603. The monoisotopic (exact) mass is 263 g/mol. The fourth-order valence-electron chi connectivity index (χ4n) is 1.92. The number of rotatable bonds is 3. The molecule has 5 nitrogen and oxygen atoms in total. The van der Waals surface area contributed by atoms with Crippen molar-refractivity contribution >= 4 is 11.6 Å². The largest absolute Gasteiger partial charge is 0.256 e. The molecule has 0 amide bonds. The minimum absolute atomic E-state index is 0.603. The van der Waals surface area contributed by atoms with E-state index in [-0.39, 0.29) is 0 Å². The molecule has 0 aliphatic carbocycles. The lowest BCUT2D eigenvalue weighted by atomic mass is 10.0. The first-order valence-electron chi connectivity index (χ1n) is 6.27. The molecule has 98 valence electrons. The van der Waals surface area contributed by atoms with Crippen molar-refractivity contribution in [2.24, 2.45) is 0 Å². The summed E-state index contributed by atoms with van der Waals surface area (Å²) in [5.41, 5.74) is 4.15. The van der Waals surface area contributed by atoms with Crippen LogP contribution in [0.1, 0.15) is 22.6 Å². The second-order valence-electron chi connectivity index (χ2n) is 4.43. The van der Waals surface area contributed by atoms with Crippen LogP contribution in [0.25, 0.3) is 11.6 Å². The van der Waals surface area contributed by atoms with Gasteiger partial charge in [-0.15, -0.1) is 5.10 Å². The summed E-state index contributed by atoms with van der Waals surface area (Å²) in [4.78, 5) is 4.41. The van der Waals surface area contributed by atoms with Crippen molar-refractivity contribution in [3.8, 4) is 0 Å². The van der Waals surface area contributed by atoms with Crippen LogP contribution in [0, 0.1) is 6.92 Å². The Morgan fingerprint density at radius 3 is 2.60 bits per heavy atom. The van der Waals surface area contributed by atoms with E-state index in [0.29, 0.717) is 5.82 Å². The molecule has 2 aromatic heterocycles. The molecule has 3 aromatic rings. The van der Waals surface area contributed by atoms with Gasteiger partial charge in [0, 0.05) is 11.8 Å². The van der Waals surface area contributed by atoms with Crippen molar-refractivity contribution in [2.45, 2.75) is 6.92 Å². The number of nitrogens with zero attached hydrogens (tertiary/aromatic N) is 4. The molecule has 1 aromatic carbocycles. The van der Waals surface area contributed by atoms with Gasteiger partial charge < -0.3 is 0 Å². The summed E-state index contributed by atoms with van der Waals surface area (Å²) < 4.78 is 0. The fraction of sp³-hybridized carbons (Fsp3) is 0.0667. The molecule has 0 saturated carbocycles. The molecule has 0 aliphatic rings. The van der Waals surface area contributed by atoms with Crippen LogP contribution in [-0.2, 0) is 0 Å². The van der Waals surface area contributed by atoms with Gasteiger partial charge in [-0.1, -0.05) is 35.9 Å². The molecule has 5 heteroatoms. The zero-order chi connectivity index (χ0) is 13.8. The lowest BCUT2D eigenvalue weighted by molar-refractivity contribution is 0.881. The second-order valence-corrected chi connectivity index (χ2v) is 4.43. The Morgan fingerprint density at radius 1 is 1.10 bits per heavy atom. The second kappa shape index (κ2) is 5.44. The van der Waals surface area contributed by atoms with Gasteiger partial charge in [-0.25, -0.2) is 5.10 Å². The predicted octanol–water partition coefficient (Wildman–Crippen LogP) is 2.49. The van der Waals surface area contributed by atoms with E-state index in [1.165, 1.54) is 5.56 Å². The minimum atomic E-state index is 0.603. The number of benzene rings is 1. The number of hydrogen-bond donors (Lipinski definition) is 1. The van der Waals surface area contributed by atoms with Crippen LogP contribution in [0.4, 0.5) is 0 Å². The SMILES string of the molecule is Cc1ccc(/C(=C/c2nnn[nH]2)c2ccccn2)cc1. The van der Waals surface area contributed by atoms with E-state index in [0.717, 1.165) is 16.8 Å². The van der Waals surface area contributed by atoms with Gasteiger partial charge in [0.2, 0.25) is 0 Å². The zero-order valence-corrected chi connectivity index (χ0v) is 11.0. The van der Waals surface area contributed by atoms with E-state index in [1.807, 2.05) is 24.3 Å². The van der Waals surface area contributed by atoms with Crippen molar-refractivity contribution in [3.63, 3.8) is 0 Å². The van der Waals surface area contributed by atoms with Crippen molar-refractivity contribution < 1.29 is 0 Å². The third-order valence-electron chi connectivity index (χ3n) is 2.95. The van der Waals surface area contributed by atoms with Gasteiger partial charge >= 0.3 is 0 Å². The molecule has 20 heavy (non-hydrogen) atoms. The molecular formula is C15H13N5. The highest BCUT2D eigenvalue weighted by Gasteiger charge is 2.07. The van der Waals surface area contributed by atoms with Crippen LogP contribution in [0.3, 0.4) is 0 Å². The summed E-state index contributed by atoms with van der Waals surface area (Å²) in [6, 6.07) is 14.1. The Labute approximate surface area is 116 Å². The minimum Gasteiger partial charge on any atom is -0.256 e. The molecule has 0 atom stereocenters. The molecule has 2 heterocycles. The average Bonchev–Trinajstić information content (AvgIpc) is 3.00. The normalized spacial score (nSPS) is 11.6. The quantitative estimate of drug-likeness (QED) is 0.788. The van der Waals surface area contributed by atoms with Gasteiger partial charge in [-0.05, 0) is 41.1 Å². The van der Waals surface area contributed by atoms with E-state index >= 15 is 0 Å². The van der Waals surface area contributed by atoms with Crippen molar-refractivity contribution in [2.75, 3.05) is 0 Å². The Bertz CT molecular complexity index is 700.